The van der Waals surface area contributed by atoms with Crippen molar-refractivity contribution in [2.75, 3.05) is 26.7 Å². The first-order valence-corrected chi connectivity index (χ1v) is 11.9. The standard InChI is InChI=1S/C26H32FN3O4/c1-16-13-30(17(2)15-31)26(33)21-11-19(20-9-4-5-10-22(20)27)12-28-24(21)34-23(16)14-29(3)25(32)18-7-6-8-18/h4-5,9-12,16-18,23,31H,6-8,13-15H2,1-3H3/t16-,17-,23-/m0/s1. The molecule has 1 fully saturated rings. The van der Waals surface area contributed by atoms with Crippen LogP contribution in [0.3, 0.4) is 0 Å². The lowest BCUT2D eigenvalue weighted by Crippen LogP contribution is -2.51. The minimum absolute atomic E-state index is 0.0788. The van der Waals surface area contributed by atoms with E-state index in [1.807, 2.05) is 6.92 Å². The molecule has 2 aromatic rings. The second-order valence-electron chi connectivity index (χ2n) is 9.53. The molecular formula is C26H32FN3O4. The third-order valence-corrected chi connectivity index (χ3v) is 6.99. The van der Waals surface area contributed by atoms with Crippen LogP contribution < -0.4 is 4.74 Å². The lowest BCUT2D eigenvalue weighted by Gasteiger charge is -2.38. The average Bonchev–Trinajstić information content (AvgIpc) is 2.79. The molecule has 2 aliphatic rings. The molecule has 4 rings (SSSR count). The Morgan fingerprint density at radius 2 is 2.06 bits per heavy atom. The van der Waals surface area contributed by atoms with Crippen LogP contribution in [0.25, 0.3) is 11.1 Å². The van der Waals surface area contributed by atoms with E-state index in [0.29, 0.717) is 24.2 Å². The number of aliphatic hydroxyl groups excluding tert-OH is 1. The summed E-state index contributed by atoms with van der Waals surface area (Å²) in [4.78, 5) is 34.0. The minimum atomic E-state index is -0.423. The number of amides is 2. The number of pyridine rings is 1. The number of carbonyl (C=O) groups is 2. The summed E-state index contributed by atoms with van der Waals surface area (Å²) in [6.45, 7) is 4.26. The van der Waals surface area contributed by atoms with Crippen molar-refractivity contribution < 1.29 is 23.8 Å². The van der Waals surface area contributed by atoms with Gasteiger partial charge in [-0.25, -0.2) is 9.37 Å². The fraction of sp³-hybridized carbons (Fsp3) is 0.500. The molecule has 2 heterocycles. The summed E-state index contributed by atoms with van der Waals surface area (Å²) in [6.07, 6.45) is 4.02. The van der Waals surface area contributed by atoms with Gasteiger partial charge in [0.05, 0.1) is 19.2 Å². The Morgan fingerprint density at radius 1 is 1.32 bits per heavy atom. The van der Waals surface area contributed by atoms with Gasteiger partial charge in [-0.3, -0.25) is 9.59 Å². The van der Waals surface area contributed by atoms with Gasteiger partial charge >= 0.3 is 0 Å². The number of likely N-dealkylation sites (N-methyl/N-ethyl adjacent to an activating group) is 1. The van der Waals surface area contributed by atoms with Crippen LogP contribution in [-0.2, 0) is 4.79 Å². The number of carbonyl (C=O) groups excluding carboxylic acids is 2. The van der Waals surface area contributed by atoms with E-state index < -0.39 is 18.0 Å². The first-order valence-electron chi connectivity index (χ1n) is 11.9. The molecule has 7 nitrogen and oxygen atoms in total. The second kappa shape index (κ2) is 10.1. The van der Waals surface area contributed by atoms with Crippen molar-refractivity contribution in [1.82, 2.24) is 14.8 Å². The van der Waals surface area contributed by atoms with E-state index in [9.17, 15) is 19.1 Å². The SMILES string of the molecule is C[C@H]1CN([C@@H](C)CO)C(=O)c2cc(-c3ccccc3F)cnc2O[C@H]1CN(C)C(=O)C1CCC1. The van der Waals surface area contributed by atoms with Gasteiger partial charge in [0.25, 0.3) is 5.91 Å². The topological polar surface area (TPSA) is 83.0 Å². The number of aromatic nitrogens is 1. The molecule has 182 valence electrons. The predicted octanol–water partition coefficient (Wildman–Crippen LogP) is 3.37. The van der Waals surface area contributed by atoms with Gasteiger partial charge in [-0.1, -0.05) is 31.5 Å². The van der Waals surface area contributed by atoms with Crippen molar-refractivity contribution in [3.63, 3.8) is 0 Å². The third kappa shape index (κ3) is 4.78. The highest BCUT2D eigenvalue weighted by Gasteiger charge is 2.36. The Balaban J connectivity index is 1.69. The van der Waals surface area contributed by atoms with E-state index in [-0.39, 0.29) is 41.7 Å². The van der Waals surface area contributed by atoms with Gasteiger partial charge in [0.1, 0.15) is 17.5 Å². The number of hydrogen-bond acceptors (Lipinski definition) is 5. The van der Waals surface area contributed by atoms with Crippen LogP contribution in [0.1, 0.15) is 43.5 Å². The number of hydrogen-bond donors (Lipinski definition) is 1. The first kappa shape index (κ1) is 24.1. The number of nitrogens with zero attached hydrogens (tertiary/aromatic N) is 3. The van der Waals surface area contributed by atoms with Crippen molar-refractivity contribution in [3.05, 3.63) is 47.9 Å². The molecule has 1 aromatic carbocycles. The fourth-order valence-electron chi connectivity index (χ4n) is 4.49. The van der Waals surface area contributed by atoms with Gasteiger partial charge in [0.2, 0.25) is 11.8 Å². The maximum Gasteiger partial charge on any atom is 0.259 e. The fourth-order valence-corrected chi connectivity index (χ4v) is 4.49. The van der Waals surface area contributed by atoms with Crippen molar-refractivity contribution in [1.29, 1.82) is 0 Å². The molecule has 34 heavy (non-hydrogen) atoms. The summed E-state index contributed by atoms with van der Waals surface area (Å²) >= 11 is 0. The van der Waals surface area contributed by atoms with E-state index in [4.69, 9.17) is 4.74 Å². The highest BCUT2D eigenvalue weighted by molar-refractivity contribution is 5.98. The minimum Gasteiger partial charge on any atom is -0.472 e. The molecule has 2 amide bonds. The zero-order valence-corrected chi connectivity index (χ0v) is 19.9. The van der Waals surface area contributed by atoms with E-state index in [1.165, 1.54) is 12.3 Å². The summed E-state index contributed by atoms with van der Waals surface area (Å²) in [5.74, 6) is -0.505. The Kier molecular flexibility index (Phi) is 7.16. The van der Waals surface area contributed by atoms with E-state index in [2.05, 4.69) is 4.98 Å². The maximum atomic E-state index is 14.4. The highest BCUT2D eigenvalue weighted by Crippen LogP contribution is 2.32. The molecule has 8 heteroatoms. The number of aliphatic hydroxyl groups is 1. The van der Waals surface area contributed by atoms with Gasteiger partial charge in [0.15, 0.2) is 0 Å². The largest absolute Gasteiger partial charge is 0.472 e. The maximum absolute atomic E-state index is 14.4. The third-order valence-electron chi connectivity index (χ3n) is 6.99. The molecule has 0 radical (unpaired) electrons. The van der Waals surface area contributed by atoms with Crippen molar-refractivity contribution in [2.24, 2.45) is 11.8 Å². The Hall–Kier alpha value is -3.00. The first-order chi connectivity index (χ1) is 16.3. The van der Waals surface area contributed by atoms with Crippen molar-refractivity contribution in [2.45, 2.75) is 45.3 Å². The molecule has 1 aliphatic carbocycles. The van der Waals surface area contributed by atoms with Crippen LogP contribution in [0, 0.1) is 17.7 Å². The normalized spacial score (nSPS) is 21.6. The molecule has 0 spiro atoms. The Labute approximate surface area is 199 Å². The molecule has 1 saturated carbocycles. The smallest absolute Gasteiger partial charge is 0.259 e. The Morgan fingerprint density at radius 3 is 2.71 bits per heavy atom. The monoisotopic (exact) mass is 469 g/mol. The van der Waals surface area contributed by atoms with Crippen molar-refractivity contribution >= 4 is 11.8 Å². The van der Waals surface area contributed by atoms with E-state index >= 15 is 0 Å². The van der Waals surface area contributed by atoms with Crippen LogP contribution in [0.15, 0.2) is 36.5 Å². The van der Waals surface area contributed by atoms with Crippen molar-refractivity contribution in [3.8, 4) is 17.0 Å². The summed E-state index contributed by atoms with van der Waals surface area (Å²) in [6, 6.07) is 7.49. The molecule has 1 aliphatic heterocycles. The zero-order chi connectivity index (χ0) is 24.4. The number of halogens is 1. The van der Waals surface area contributed by atoms with Crippen LogP contribution in [-0.4, -0.2) is 70.6 Å². The summed E-state index contributed by atoms with van der Waals surface area (Å²) < 4.78 is 20.7. The predicted molar refractivity (Wildman–Crippen MR) is 126 cm³/mol. The van der Waals surface area contributed by atoms with Gasteiger partial charge in [-0.2, -0.15) is 0 Å². The van der Waals surface area contributed by atoms with E-state index in [0.717, 1.165) is 19.3 Å². The molecule has 1 N–H and O–H groups in total. The molecule has 1 aromatic heterocycles. The molecule has 0 bridgehead atoms. The van der Waals surface area contributed by atoms with Crippen LogP contribution in [0.4, 0.5) is 4.39 Å². The van der Waals surface area contributed by atoms with Gasteiger partial charge < -0.3 is 19.6 Å². The molecule has 0 saturated heterocycles. The number of rotatable bonds is 6. The number of fused-ring (bicyclic) bond motifs is 1. The molecule has 3 atom stereocenters. The Bertz CT molecular complexity index is 1060. The zero-order valence-electron chi connectivity index (χ0n) is 19.9. The lowest BCUT2D eigenvalue weighted by atomic mass is 9.84. The molecule has 0 unspecified atom stereocenters. The number of benzene rings is 1. The molecular weight excluding hydrogens is 437 g/mol. The average molecular weight is 470 g/mol. The van der Waals surface area contributed by atoms with Gasteiger partial charge in [0, 0.05) is 42.8 Å². The van der Waals surface area contributed by atoms with E-state index in [1.54, 1.807) is 48.0 Å². The lowest BCUT2D eigenvalue weighted by molar-refractivity contribution is -0.138. The quantitative estimate of drug-likeness (QED) is 0.702. The number of ether oxygens (including phenoxy) is 1. The summed E-state index contributed by atoms with van der Waals surface area (Å²) in [7, 11) is 1.78. The van der Waals surface area contributed by atoms with Crippen LogP contribution in [0.5, 0.6) is 5.88 Å². The van der Waals surface area contributed by atoms with Gasteiger partial charge in [-0.05, 0) is 31.9 Å². The van der Waals surface area contributed by atoms with Crippen LogP contribution in [0.2, 0.25) is 0 Å². The second-order valence-corrected chi connectivity index (χ2v) is 9.53. The van der Waals surface area contributed by atoms with Crippen LogP contribution >= 0.6 is 0 Å². The summed E-state index contributed by atoms with van der Waals surface area (Å²) in [5, 5.41) is 9.81. The van der Waals surface area contributed by atoms with Gasteiger partial charge in [-0.15, -0.1) is 0 Å². The summed E-state index contributed by atoms with van der Waals surface area (Å²) in [5.41, 5.74) is 1.02. The highest BCUT2D eigenvalue weighted by atomic mass is 19.1.